The Balaban J connectivity index is 2.37. The summed E-state index contributed by atoms with van der Waals surface area (Å²) in [6.45, 7) is 1.33. The van der Waals surface area contributed by atoms with Crippen LogP contribution in [0.25, 0.3) is 0 Å². The highest BCUT2D eigenvalue weighted by atomic mass is 35.5. The third-order valence-corrected chi connectivity index (χ3v) is 6.35. The first-order chi connectivity index (χ1) is 15.1. The number of carbonyl (C=O) groups is 2. The Morgan fingerprint density at radius 3 is 2.38 bits per heavy atom. The van der Waals surface area contributed by atoms with Crippen molar-refractivity contribution in [1.82, 2.24) is 10.2 Å². The van der Waals surface area contributed by atoms with Crippen LogP contribution in [-0.4, -0.2) is 64.7 Å². The number of likely N-dealkylation sites (N-methyl/N-ethyl adjacent to an activating group) is 1. The van der Waals surface area contributed by atoms with Crippen molar-refractivity contribution in [3.63, 3.8) is 0 Å². The second kappa shape index (κ2) is 11.2. The standard InChI is InChI=1S/C22H28ClN3O5S/c1-16(22(28)24-2)25(13-12-17-8-6-5-7-9-17)21(27)15-26(32(4,29)30)19-14-18(23)10-11-20(19)31-3/h5-11,14,16H,12-13,15H2,1-4H3,(H,24,28). The van der Waals surface area contributed by atoms with Crippen molar-refractivity contribution in [3.8, 4) is 5.75 Å². The zero-order valence-electron chi connectivity index (χ0n) is 18.5. The van der Waals surface area contributed by atoms with Gasteiger partial charge in [-0.3, -0.25) is 13.9 Å². The van der Waals surface area contributed by atoms with Gasteiger partial charge in [-0.25, -0.2) is 8.42 Å². The molecule has 32 heavy (non-hydrogen) atoms. The van der Waals surface area contributed by atoms with Crippen LogP contribution in [-0.2, 0) is 26.0 Å². The zero-order chi connectivity index (χ0) is 23.9. The first kappa shape index (κ1) is 25.5. The first-order valence-corrected chi connectivity index (χ1v) is 12.2. The van der Waals surface area contributed by atoms with E-state index in [0.29, 0.717) is 11.4 Å². The Hall–Kier alpha value is -2.78. The lowest BCUT2D eigenvalue weighted by molar-refractivity contribution is -0.138. The average Bonchev–Trinajstić information content (AvgIpc) is 2.76. The minimum atomic E-state index is -3.87. The Kier molecular flexibility index (Phi) is 8.91. The molecule has 2 rings (SSSR count). The highest BCUT2D eigenvalue weighted by Crippen LogP contribution is 2.32. The summed E-state index contributed by atoms with van der Waals surface area (Å²) in [7, 11) is -0.986. The van der Waals surface area contributed by atoms with Gasteiger partial charge >= 0.3 is 0 Å². The van der Waals surface area contributed by atoms with E-state index in [0.717, 1.165) is 16.1 Å². The summed E-state index contributed by atoms with van der Waals surface area (Å²) in [6.07, 6.45) is 1.50. The molecule has 0 aliphatic rings. The van der Waals surface area contributed by atoms with E-state index in [2.05, 4.69) is 5.32 Å². The van der Waals surface area contributed by atoms with E-state index in [-0.39, 0.29) is 23.9 Å². The van der Waals surface area contributed by atoms with Gasteiger partial charge in [0.15, 0.2) is 0 Å². The molecule has 2 amide bonds. The highest BCUT2D eigenvalue weighted by molar-refractivity contribution is 7.92. The molecule has 0 fully saturated rings. The van der Waals surface area contributed by atoms with Gasteiger partial charge in [0.25, 0.3) is 0 Å². The normalized spacial score (nSPS) is 12.0. The van der Waals surface area contributed by atoms with Crippen molar-refractivity contribution in [2.45, 2.75) is 19.4 Å². The van der Waals surface area contributed by atoms with Crippen molar-refractivity contribution in [2.75, 3.05) is 37.8 Å². The van der Waals surface area contributed by atoms with Gasteiger partial charge in [0.1, 0.15) is 18.3 Å². The molecule has 1 atom stereocenters. The van der Waals surface area contributed by atoms with Crippen molar-refractivity contribution in [1.29, 1.82) is 0 Å². The molecule has 2 aromatic rings. The van der Waals surface area contributed by atoms with Crippen LogP contribution in [0.15, 0.2) is 48.5 Å². The van der Waals surface area contributed by atoms with Crippen molar-refractivity contribution >= 4 is 39.1 Å². The van der Waals surface area contributed by atoms with Gasteiger partial charge in [0.05, 0.1) is 19.1 Å². The van der Waals surface area contributed by atoms with Crippen LogP contribution in [0.4, 0.5) is 5.69 Å². The Bertz CT molecular complexity index is 1050. The fraction of sp³-hybridized carbons (Fsp3) is 0.364. The summed E-state index contributed by atoms with van der Waals surface area (Å²) in [5.41, 5.74) is 1.14. The minimum absolute atomic E-state index is 0.145. The molecule has 0 aromatic heterocycles. The third-order valence-electron chi connectivity index (χ3n) is 4.99. The molecule has 0 radical (unpaired) electrons. The lowest BCUT2D eigenvalue weighted by atomic mass is 10.1. The van der Waals surface area contributed by atoms with Crippen molar-refractivity contribution < 1.29 is 22.7 Å². The number of anilines is 1. The van der Waals surface area contributed by atoms with Gasteiger partial charge in [-0.05, 0) is 37.1 Å². The van der Waals surface area contributed by atoms with Gasteiger partial charge in [-0.15, -0.1) is 0 Å². The molecule has 0 spiro atoms. The van der Waals surface area contributed by atoms with Crippen LogP contribution >= 0.6 is 11.6 Å². The van der Waals surface area contributed by atoms with Crippen LogP contribution in [0, 0.1) is 0 Å². The molecular weight excluding hydrogens is 454 g/mol. The smallest absolute Gasteiger partial charge is 0.244 e. The summed E-state index contributed by atoms with van der Waals surface area (Å²) >= 11 is 6.07. The Labute approximate surface area is 194 Å². The molecule has 0 aliphatic carbocycles. The number of methoxy groups -OCH3 is 1. The van der Waals surface area contributed by atoms with Gasteiger partial charge < -0.3 is 15.0 Å². The van der Waals surface area contributed by atoms with Crippen LogP contribution in [0.5, 0.6) is 5.75 Å². The van der Waals surface area contributed by atoms with Crippen molar-refractivity contribution in [3.05, 3.63) is 59.1 Å². The number of amides is 2. The van der Waals surface area contributed by atoms with E-state index in [1.807, 2.05) is 30.3 Å². The van der Waals surface area contributed by atoms with Gasteiger partial charge in [0, 0.05) is 18.6 Å². The molecule has 0 aliphatic heterocycles. The van der Waals surface area contributed by atoms with Crippen molar-refractivity contribution in [2.24, 2.45) is 0 Å². The summed E-state index contributed by atoms with van der Waals surface area (Å²) in [5.74, 6) is -0.620. The maximum absolute atomic E-state index is 13.3. The van der Waals surface area contributed by atoms with E-state index >= 15 is 0 Å². The van der Waals surface area contributed by atoms with Crippen LogP contribution in [0.2, 0.25) is 5.02 Å². The molecule has 8 nitrogen and oxygen atoms in total. The summed E-state index contributed by atoms with van der Waals surface area (Å²) in [5, 5.41) is 2.83. The number of nitrogens with zero attached hydrogens (tertiary/aromatic N) is 2. The van der Waals surface area contributed by atoms with Gasteiger partial charge in [-0.1, -0.05) is 41.9 Å². The maximum atomic E-state index is 13.3. The third kappa shape index (κ3) is 6.61. The number of rotatable bonds is 10. The molecular formula is C22H28ClN3O5S. The molecule has 1 N–H and O–H groups in total. The lowest BCUT2D eigenvalue weighted by Gasteiger charge is -2.31. The second-order valence-electron chi connectivity index (χ2n) is 7.20. The summed E-state index contributed by atoms with van der Waals surface area (Å²) in [6, 6.07) is 13.2. The number of benzene rings is 2. The molecule has 0 saturated carbocycles. The SMILES string of the molecule is CNC(=O)C(C)N(CCc1ccccc1)C(=O)CN(c1cc(Cl)ccc1OC)S(C)(=O)=O. The largest absolute Gasteiger partial charge is 0.495 e. The first-order valence-electron chi connectivity index (χ1n) is 9.94. The highest BCUT2D eigenvalue weighted by Gasteiger charge is 2.30. The van der Waals surface area contributed by atoms with E-state index in [1.54, 1.807) is 13.0 Å². The topological polar surface area (TPSA) is 96.0 Å². The quantitative estimate of drug-likeness (QED) is 0.561. The van der Waals surface area contributed by atoms with Gasteiger partial charge in [0.2, 0.25) is 21.8 Å². The number of hydrogen-bond donors (Lipinski definition) is 1. The van der Waals surface area contributed by atoms with Gasteiger partial charge in [-0.2, -0.15) is 0 Å². The van der Waals surface area contributed by atoms with E-state index in [9.17, 15) is 18.0 Å². The Morgan fingerprint density at radius 2 is 1.81 bits per heavy atom. The lowest BCUT2D eigenvalue weighted by Crippen LogP contribution is -2.51. The predicted octanol–water partition coefficient (Wildman–Crippen LogP) is 2.32. The summed E-state index contributed by atoms with van der Waals surface area (Å²) < 4.78 is 31.4. The van der Waals surface area contributed by atoms with E-state index in [1.165, 1.54) is 31.2 Å². The van der Waals surface area contributed by atoms with E-state index < -0.39 is 28.5 Å². The van der Waals surface area contributed by atoms with Crippen LogP contribution in [0.3, 0.4) is 0 Å². The maximum Gasteiger partial charge on any atom is 0.244 e. The molecule has 1 unspecified atom stereocenters. The molecule has 2 aromatic carbocycles. The fourth-order valence-electron chi connectivity index (χ4n) is 3.23. The van der Waals surface area contributed by atoms with Crippen LogP contribution in [0.1, 0.15) is 12.5 Å². The molecule has 0 saturated heterocycles. The number of ether oxygens (including phenoxy) is 1. The zero-order valence-corrected chi connectivity index (χ0v) is 20.1. The molecule has 10 heteroatoms. The number of nitrogens with one attached hydrogen (secondary N) is 1. The Morgan fingerprint density at radius 1 is 1.16 bits per heavy atom. The summed E-state index contributed by atoms with van der Waals surface area (Å²) in [4.78, 5) is 27.0. The number of carbonyl (C=O) groups excluding carboxylic acids is 2. The molecule has 174 valence electrons. The number of halogens is 1. The minimum Gasteiger partial charge on any atom is -0.495 e. The predicted molar refractivity (Wildman–Crippen MR) is 126 cm³/mol. The number of sulfonamides is 1. The number of hydrogen-bond acceptors (Lipinski definition) is 5. The molecule has 0 heterocycles. The van der Waals surface area contributed by atoms with Crippen LogP contribution < -0.4 is 14.4 Å². The average molecular weight is 482 g/mol. The fourth-order valence-corrected chi connectivity index (χ4v) is 4.24. The monoisotopic (exact) mass is 481 g/mol. The van der Waals surface area contributed by atoms with E-state index in [4.69, 9.17) is 16.3 Å². The molecule has 0 bridgehead atoms. The second-order valence-corrected chi connectivity index (χ2v) is 9.54.